The maximum absolute atomic E-state index is 6.61. The largest absolute Gasteiger partial charge is 0.414 e. The molecule has 0 amide bonds. The van der Waals surface area contributed by atoms with E-state index in [9.17, 15) is 0 Å². The van der Waals surface area contributed by atoms with Gasteiger partial charge in [0.2, 0.25) is 0 Å². The average Bonchev–Trinajstić information content (AvgIpc) is 2.20. The minimum Gasteiger partial charge on any atom is -0.414 e. The molecule has 0 radical (unpaired) electrons. The number of hydrogen-bond donors (Lipinski definition) is 0. The molecular formula is C17H40O2Si2. The monoisotopic (exact) mass is 332 g/mol. The average molecular weight is 333 g/mol. The van der Waals surface area contributed by atoms with Gasteiger partial charge in [-0.25, -0.2) is 0 Å². The zero-order valence-corrected chi connectivity index (χ0v) is 18.7. The predicted molar refractivity (Wildman–Crippen MR) is 100 cm³/mol. The van der Waals surface area contributed by atoms with Gasteiger partial charge < -0.3 is 8.85 Å². The zero-order valence-electron chi connectivity index (χ0n) is 16.7. The Morgan fingerprint density at radius 3 is 1.43 bits per heavy atom. The van der Waals surface area contributed by atoms with E-state index in [1.54, 1.807) is 0 Å². The van der Waals surface area contributed by atoms with Crippen LogP contribution in [0.4, 0.5) is 0 Å². The highest BCUT2D eigenvalue weighted by atomic mass is 28.4. The van der Waals surface area contributed by atoms with Crippen LogP contribution in [0.1, 0.15) is 55.4 Å². The topological polar surface area (TPSA) is 18.5 Å². The van der Waals surface area contributed by atoms with E-state index < -0.39 is 16.6 Å². The maximum Gasteiger partial charge on any atom is 0.192 e. The Balaban J connectivity index is 4.90. The van der Waals surface area contributed by atoms with Gasteiger partial charge in [-0.3, -0.25) is 0 Å². The summed E-state index contributed by atoms with van der Waals surface area (Å²) >= 11 is 0. The lowest BCUT2D eigenvalue weighted by Crippen LogP contribution is -2.49. The van der Waals surface area contributed by atoms with Gasteiger partial charge in [0.05, 0.1) is 12.7 Å². The molecule has 0 heterocycles. The highest BCUT2D eigenvalue weighted by Crippen LogP contribution is 2.39. The van der Waals surface area contributed by atoms with Crippen LogP contribution >= 0.6 is 0 Å². The third kappa shape index (κ3) is 6.16. The SMILES string of the molecule is CC(C)[C@H](CO[Si](C)(C)C(C)(C)C)O[Si](C)(C)C(C)(C)C. The fourth-order valence-electron chi connectivity index (χ4n) is 1.42. The summed E-state index contributed by atoms with van der Waals surface area (Å²) in [4.78, 5) is 0. The summed E-state index contributed by atoms with van der Waals surface area (Å²) in [6.45, 7) is 28.3. The first-order valence-corrected chi connectivity index (χ1v) is 14.1. The van der Waals surface area contributed by atoms with Gasteiger partial charge in [0.25, 0.3) is 0 Å². The van der Waals surface area contributed by atoms with E-state index in [1.165, 1.54) is 0 Å². The van der Waals surface area contributed by atoms with Crippen molar-refractivity contribution in [3.63, 3.8) is 0 Å². The molecule has 0 rings (SSSR count). The molecule has 0 aliphatic heterocycles. The highest BCUT2D eigenvalue weighted by molar-refractivity contribution is 6.74. The number of hydrogen-bond acceptors (Lipinski definition) is 2. The van der Waals surface area contributed by atoms with E-state index in [0.29, 0.717) is 5.92 Å². The second-order valence-corrected chi connectivity index (χ2v) is 19.3. The molecule has 21 heavy (non-hydrogen) atoms. The Morgan fingerprint density at radius 1 is 0.762 bits per heavy atom. The Bertz CT molecular complexity index is 323. The molecule has 0 aromatic rings. The Hall–Kier alpha value is 0.354. The third-order valence-corrected chi connectivity index (χ3v) is 14.4. The first kappa shape index (κ1) is 21.4. The van der Waals surface area contributed by atoms with Crippen molar-refractivity contribution in [3.8, 4) is 0 Å². The molecule has 0 saturated heterocycles. The summed E-state index contributed by atoms with van der Waals surface area (Å²) in [6.07, 6.45) is 0.208. The van der Waals surface area contributed by atoms with Crippen LogP contribution in [0.25, 0.3) is 0 Å². The van der Waals surface area contributed by atoms with E-state index in [0.717, 1.165) is 6.61 Å². The molecule has 0 unspecified atom stereocenters. The zero-order chi connectivity index (χ0) is 17.3. The molecular weight excluding hydrogens is 292 g/mol. The molecule has 128 valence electrons. The molecule has 0 spiro atoms. The first-order chi connectivity index (χ1) is 9.01. The summed E-state index contributed by atoms with van der Waals surface area (Å²) in [5, 5.41) is 0.503. The van der Waals surface area contributed by atoms with Crippen LogP contribution in [-0.2, 0) is 8.85 Å². The van der Waals surface area contributed by atoms with Gasteiger partial charge in [0.15, 0.2) is 16.6 Å². The Morgan fingerprint density at radius 2 is 1.14 bits per heavy atom. The molecule has 0 aromatic heterocycles. The minimum atomic E-state index is -1.74. The van der Waals surface area contributed by atoms with Crippen LogP contribution in [0.5, 0.6) is 0 Å². The van der Waals surface area contributed by atoms with Crippen LogP contribution in [-0.4, -0.2) is 29.3 Å². The molecule has 0 N–H and O–H groups in total. The van der Waals surface area contributed by atoms with Crippen molar-refractivity contribution in [3.05, 3.63) is 0 Å². The van der Waals surface area contributed by atoms with Crippen molar-refractivity contribution >= 4 is 16.6 Å². The van der Waals surface area contributed by atoms with Crippen molar-refractivity contribution < 1.29 is 8.85 Å². The van der Waals surface area contributed by atoms with Crippen LogP contribution in [0.2, 0.25) is 36.3 Å². The fourth-order valence-corrected chi connectivity index (χ4v) is 3.89. The smallest absolute Gasteiger partial charge is 0.192 e. The van der Waals surface area contributed by atoms with E-state index in [2.05, 4.69) is 81.6 Å². The van der Waals surface area contributed by atoms with Crippen LogP contribution in [0.3, 0.4) is 0 Å². The van der Waals surface area contributed by atoms with Gasteiger partial charge in [-0.15, -0.1) is 0 Å². The van der Waals surface area contributed by atoms with Crippen molar-refractivity contribution in [1.82, 2.24) is 0 Å². The molecule has 0 saturated carbocycles. The molecule has 0 aromatic carbocycles. The Labute approximate surface area is 136 Å². The summed E-state index contributed by atoms with van der Waals surface area (Å²) in [5.74, 6) is 0.490. The van der Waals surface area contributed by atoms with Gasteiger partial charge in [-0.1, -0.05) is 55.4 Å². The van der Waals surface area contributed by atoms with E-state index in [1.807, 2.05) is 0 Å². The molecule has 0 aliphatic carbocycles. The molecule has 4 heteroatoms. The standard InChI is InChI=1S/C17H40O2Si2/c1-14(2)15(19-21(11,12)17(6,7)8)13-18-20(9,10)16(3,4)5/h14-15H,13H2,1-12H3/t15-/m0/s1. The molecule has 0 aliphatic rings. The van der Waals surface area contributed by atoms with E-state index in [4.69, 9.17) is 8.85 Å². The summed E-state index contributed by atoms with van der Waals surface area (Å²) in [5.41, 5.74) is 0. The normalized spacial score (nSPS) is 16.4. The van der Waals surface area contributed by atoms with Crippen molar-refractivity contribution in [2.75, 3.05) is 6.61 Å². The lowest BCUT2D eigenvalue weighted by Gasteiger charge is -2.42. The van der Waals surface area contributed by atoms with Gasteiger partial charge in [0, 0.05) is 0 Å². The first-order valence-electron chi connectivity index (χ1n) is 8.33. The molecule has 2 nitrogen and oxygen atoms in total. The molecule has 1 atom stereocenters. The van der Waals surface area contributed by atoms with Crippen molar-refractivity contribution in [2.45, 2.75) is 97.8 Å². The predicted octanol–water partition coefficient (Wildman–Crippen LogP) is 6.05. The van der Waals surface area contributed by atoms with Gasteiger partial charge >= 0.3 is 0 Å². The lowest BCUT2D eigenvalue weighted by molar-refractivity contribution is 0.0727. The van der Waals surface area contributed by atoms with Crippen LogP contribution in [0.15, 0.2) is 0 Å². The van der Waals surface area contributed by atoms with Gasteiger partial charge in [-0.05, 0) is 42.2 Å². The quantitative estimate of drug-likeness (QED) is 0.551. The van der Waals surface area contributed by atoms with Crippen molar-refractivity contribution in [1.29, 1.82) is 0 Å². The van der Waals surface area contributed by atoms with E-state index in [-0.39, 0.29) is 16.2 Å². The molecule has 0 bridgehead atoms. The fraction of sp³-hybridized carbons (Fsp3) is 1.00. The lowest BCUT2D eigenvalue weighted by atomic mass is 10.1. The van der Waals surface area contributed by atoms with Crippen molar-refractivity contribution in [2.24, 2.45) is 5.92 Å². The van der Waals surface area contributed by atoms with Gasteiger partial charge in [0.1, 0.15) is 0 Å². The maximum atomic E-state index is 6.61. The molecule has 0 fully saturated rings. The Kier molecular flexibility index (Phi) is 6.97. The summed E-state index contributed by atoms with van der Waals surface area (Å²) in [7, 11) is -3.44. The van der Waals surface area contributed by atoms with E-state index >= 15 is 0 Å². The second-order valence-electron chi connectivity index (χ2n) is 9.73. The minimum absolute atomic E-state index is 0.208. The van der Waals surface area contributed by atoms with Crippen LogP contribution < -0.4 is 0 Å². The van der Waals surface area contributed by atoms with Crippen LogP contribution in [0, 0.1) is 5.92 Å². The summed E-state index contributed by atoms with van der Waals surface area (Å²) < 4.78 is 13.0. The number of rotatable bonds is 6. The second kappa shape index (κ2) is 6.85. The highest BCUT2D eigenvalue weighted by Gasteiger charge is 2.41. The third-order valence-electron chi connectivity index (χ3n) is 5.41. The van der Waals surface area contributed by atoms with Gasteiger partial charge in [-0.2, -0.15) is 0 Å². The summed E-state index contributed by atoms with van der Waals surface area (Å²) in [6, 6.07) is 0.